The second-order valence-electron chi connectivity index (χ2n) is 6.53. The van der Waals surface area contributed by atoms with Crippen molar-refractivity contribution in [2.24, 2.45) is 5.10 Å². The molecule has 0 aliphatic carbocycles. The normalized spacial score (nSPS) is 15.9. The quantitative estimate of drug-likeness (QED) is 0.674. The van der Waals surface area contributed by atoms with E-state index in [0.717, 1.165) is 32.7 Å². The van der Waals surface area contributed by atoms with Crippen molar-refractivity contribution < 1.29 is 0 Å². The molecule has 4 rings (SSSR count). The van der Waals surface area contributed by atoms with Gasteiger partial charge in [0.15, 0.2) is 0 Å². The Balaban J connectivity index is 1.37. The zero-order chi connectivity index (χ0) is 16.9. The minimum Gasteiger partial charge on any atom is -0.295 e. The minimum atomic E-state index is 0.980. The number of benzene rings is 3. The average molecular weight is 329 g/mol. The zero-order valence-electron chi connectivity index (χ0n) is 14.4. The Hall–Kier alpha value is -2.65. The van der Waals surface area contributed by atoms with Gasteiger partial charge in [-0.3, -0.25) is 9.91 Å². The van der Waals surface area contributed by atoms with Crippen LogP contribution in [0.5, 0.6) is 0 Å². The summed E-state index contributed by atoms with van der Waals surface area (Å²) < 4.78 is 0. The Bertz CT molecular complexity index is 844. The largest absolute Gasteiger partial charge is 0.295 e. The van der Waals surface area contributed by atoms with Gasteiger partial charge in [-0.1, -0.05) is 72.8 Å². The zero-order valence-corrected chi connectivity index (χ0v) is 14.4. The van der Waals surface area contributed by atoms with Gasteiger partial charge in [0.25, 0.3) is 0 Å². The molecule has 0 atom stereocenters. The summed E-state index contributed by atoms with van der Waals surface area (Å²) in [5.41, 5.74) is 2.57. The molecule has 0 saturated carbocycles. The number of rotatable bonds is 4. The van der Waals surface area contributed by atoms with E-state index in [0.29, 0.717) is 0 Å². The first-order valence-electron chi connectivity index (χ1n) is 8.91. The van der Waals surface area contributed by atoms with Gasteiger partial charge in [0.05, 0.1) is 6.21 Å². The Morgan fingerprint density at radius 2 is 1.48 bits per heavy atom. The SMILES string of the molecule is C(=N\N1CCN(Cc2ccccc2)CC1)/c1cccc2ccccc12. The molecule has 1 saturated heterocycles. The van der Waals surface area contributed by atoms with Crippen molar-refractivity contribution in [3.63, 3.8) is 0 Å². The van der Waals surface area contributed by atoms with Gasteiger partial charge < -0.3 is 0 Å². The van der Waals surface area contributed by atoms with Crippen LogP contribution in [-0.2, 0) is 6.54 Å². The number of hydrogen-bond acceptors (Lipinski definition) is 3. The first-order valence-corrected chi connectivity index (χ1v) is 8.91. The third kappa shape index (κ3) is 3.89. The van der Waals surface area contributed by atoms with Gasteiger partial charge in [0.2, 0.25) is 0 Å². The maximum Gasteiger partial charge on any atom is 0.0549 e. The molecule has 1 fully saturated rings. The van der Waals surface area contributed by atoms with Gasteiger partial charge in [0.1, 0.15) is 0 Å². The second kappa shape index (κ2) is 7.49. The van der Waals surface area contributed by atoms with Gasteiger partial charge in [-0.2, -0.15) is 5.10 Å². The van der Waals surface area contributed by atoms with Crippen molar-refractivity contribution in [1.82, 2.24) is 9.91 Å². The van der Waals surface area contributed by atoms with E-state index in [2.05, 4.69) is 82.7 Å². The molecule has 3 heteroatoms. The molecule has 1 aliphatic heterocycles. The highest BCUT2D eigenvalue weighted by atomic mass is 15.5. The molecule has 0 unspecified atom stereocenters. The number of nitrogens with zero attached hydrogens (tertiary/aromatic N) is 3. The van der Waals surface area contributed by atoms with Crippen LogP contribution in [0, 0.1) is 0 Å². The lowest BCUT2D eigenvalue weighted by molar-refractivity contribution is 0.131. The van der Waals surface area contributed by atoms with Crippen LogP contribution < -0.4 is 0 Å². The van der Waals surface area contributed by atoms with Gasteiger partial charge >= 0.3 is 0 Å². The standard InChI is InChI=1S/C22H23N3/c1-2-7-19(8-3-1)18-24-13-15-25(16-14-24)23-17-21-11-6-10-20-9-4-5-12-22(20)21/h1-12,17H,13-16,18H2/b23-17+. The van der Waals surface area contributed by atoms with Crippen molar-refractivity contribution >= 4 is 17.0 Å². The molecule has 0 radical (unpaired) electrons. The molecular formula is C22H23N3. The van der Waals surface area contributed by atoms with Crippen LogP contribution in [0.25, 0.3) is 10.8 Å². The van der Waals surface area contributed by atoms with Crippen LogP contribution in [0.3, 0.4) is 0 Å². The molecule has 0 amide bonds. The molecule has 3 nitrogen and oxygen atoms in total. The number of piperazine rings is 1. The predicted octanol–water partition coefficient (Wildman–Crippen LogP) is 3.99. The van der Waals surface area contributed by atoms with Crippen LogP contribution in [-0.4, -0.2) is 42.3 Å². The fourth-order valence-electron chi connectivity index (χ4n) is 3.36. The minimum absolute atomic E-state index is 0.980. The van der Waals surface area contributed by atoms with Crippen LogP contribution in [0.2, 0.25) is 0 Å². The average Bonchev–Trinajstić information content (AvgIpc) is 2.68. The van der Waals surface area contributed by atoms with Crippen molar-refractivity contribution in [2.75, 3.05) is 26.2 Å². The lowest BCUT2D eigenvalue weighted by atomic mass is 10.1. The fourth-order valence-corrected chi connectivity index (χ4v) is 3.36. The summed E-state index contributed by atoms with van der Waals surface area (Å²) in [6.07, 6.45) is 2.01. The maximum absolute atomic E-state index is 4.73. The highest BCUT2D eigenvalue weighted by molar-refractivity contribution is 5.99. The predicted molar refractivity (Wildman–Crippen MR) is 105 cm³/mol. The van der Waals surface area contributed by atoms with Crippen LogP contribution in [0.15, 0.2) is 77.9 Å². The first-order chi connectivity index (χ1) is 12.4. The number of hydrazone groups is 1. The van der Waals surface area contributed by atoms with Crippen molar-refractivity contribution in [2.45, 2.75) is 6.54 Å². The summed E-state index contributed by atoms with van der Waals surface area (Å²) in [6.45, 7) is 5.10. The lowest BCUT2D eigenvalue weighted by Crippen LogP contribution is -2.43. The maximum atomic E-state index is 4.73. The highest BCUT2D eigenvalue weighted by Gasteiger charge is 2.15. The van der Waals surface area contributed by atoms with E-state index in [4.69, 9.17) is 5.10 Å². The molecule has 3 aromatic rings. The first kappa shape index (κ1) is 15.9. The topological polar surface area (TPSA) is 18.8 Å². The summed E-state index contributed by atoms with van der Waals surface area (Å²) in [6, 6.07) is 25.5. The Morgan fingerprint density at radius 3 is 2.32 bits per heavy atom. The Morgan fingerprint density at radius 1 is 0.760 bits per heavy atom. The summed E-state index contributed by atoms with van der Waals surface area (Å²) in [5.74, 6) is 0. The molecule has 1 heterocycles. The second-order valence-corrected chi connectivity index (χ2v) is 6.53. The number of hydrogen-bond donors (Lipinski definition) is 0. The molecule has 1 aliphatic rings. The van der Waals surface area contributed by atoms with E-state index in [9.17, 15) is 0 Å². The van der Waals surface area contributed by atoms with Crippen LogP contribution in [0.1, 0.15) is 11.1 Å². The Labute approximate surface area is 149 Å². The van der Waals surface area contributed by atoms with Gasteiger partial charge in [-0.15, -0.1) is 0 Å². The van der Waals surface area contributed by atoms with Gasteiger partial charge in [-0.25, -0.2) is 0 Å². The van der Waals surface area contributed by atoms with E-state index in [1.165, 1.54) is 21.9 Å². The smallest absolute Gasteiger partial charge is 0.0549 e. The van der Waals surface area contributed by atoms with E-state index >= 15 is 0 Å². The molecule has 25 heavy (non-hydrogen) atoms. The van der Waals surface area contributed by atoms with E-state index in [1.807, 2.05) is 6.21 Å². The molecule has 126 valence electrons. The van der Waals surface area contributed by atoms with E-state index in [1.54, 1.807) is 0 Å². The van der Waals surface area contributed by atoms with Crippen molar-refractivity contribution in [3.05, 3.63) is 83.9 Å². The van der Waals surface area contributed by atoms with Crippen molar-refractivity contribution in [1.29, 1.82) is 0 Å². The number of fused-ring (bicyclic) bond motifs is 1. The summed E-state index contributed by atoms with van der Waals surface area (Å²) in [7, 11) is 0. The molecular weight excluding hydrogens is 306 g/mol. The monoisotopic (exact) mass is 329 g/mol. The third-order valence-electron chi connectivity index (χ3n) is 4.78. The molecule has 0 spiro atoms. The van der Waals surface area contributed by atoms with Crippen LogP contribution >= 0.6 is 0 Å². The van der Waals surface area contributed by atoms with Gasteiger partial charge in [0, 0.05) is 38.3 Å². The van der Waals surface area contributed by atoms with E-state index in [-0.39, 0.29) is 0 Å². The molecule has 0 bridgehead atoms. The highest BCUT2D eigenvalue weighted by Crippen LogP contribution is 2.17. The Kier molecular flexibility index (Phi) is 4.75. The summed E-state index contributed by atoms with van der Waals surface area (Å²) in [5, 5.41) is 9.43. The molecule has 0 N–H and O–H groups in total. The summed E-state index contributed by atoms with van der Waals surface area (Å²) in [4.78, 5) is 2.50. The fraction of sp³-hybridized carbons (Fsp3) is 0.227. The molecule has 0 aromatic heterocycles. The summed E-state index contributed by atoms with van der Waals surface area (Å²) >= 11 is 0. The third-order valence-corrected chi connectivity index (χ3v) is 4.78. The molecule has 3 aromatic carbocycles. The lowest BCUT2D eigenvalue weighted by Gasteiger charge is -2.33. The van der Waals surface area contributed by atoms with Crippen molar-refractivity contribution in [3.8, 4) is 0 Å². The van der Waals surface area contributed by atoms with Gasteiger partial charge in [-0.05, 0) is 16.3 Å². The van der Waals surface area contributed by atoms with Crippen LogP contribution in [0.4, 0.5) is 0 Å². The van der Waals surface area contributed by atoms with E-state index < -0.39 is 0 Å².